The van der Waals surface area contributed by atoms with Crippen LogP contribution in [0.25, 0.3) is 0 Å². The molecule has 0 saturated carbocycles. The van der Waals surface area contributed by atoms with E-state index in [0.29, 0.717) is 32.3 Å². The molecule has 2 heteroatoms. The number of hydrogen-bond acceptors (Lipinski definition) is 2. The molecule has 0 aliphatic carbocycles. The Morgan fingerprint density at radius 1 is 1.06 bits per heavy atom. The van der Waals surface area contributed by atoms with Gasteiger partial charge in [-0.3, -0.25) is 0 Å². The lowest BCUT2D eigenvalue weighted by Crippen LogP contribution is -2.31. The van der Waals surface area contributed by atoms with E-state index in [0.717, 1.165) is 6.42 Å². The van der Waals surface area contributed by atoms with Crippen LogP contribution < -0.4 is 0 Å². The second-order valence-corrected chi connectivity index (χ2v) is 4.80. The number of ether oxygens (including phenoxy) is 2. The third kappa shape index (κ3) is 7.35. The van der Waals surface area contributed by atoms with E-state index in [4.69, 9.17) is 22.3 Å². The van der Waals surface area contributed by atoms with Gasteiger partial charge >= 0.3 is 0 Å². The first-order chi connectivity index (χ1) is 7.54. The van der Waals surface area contributed by atoms with E-state index in [1.807, 2.05) is 0 Å². The highest BCUT2D eigenvalue weighted by molar-refractivity contribution is 4.85. The average Bonchev–Trinajstić information content (AvgIpc) is 2.17. The number of rotatable bonds is 8. The fraction of sp³-hybridized carbons (Fsp3) is 0.714. The highest BCUT2D eigenvalue weighted by Gasteiger charge is 2.26. The summed E-state index contributed by atoms with van der Waals surface area (Å²) in [5.41, 5.74) is -0.0120. The molecular weight excluding hydrogens is 200 g/mol. The van der Waals surface area contributed by atoms with Gasteiger partial charge in [-0.2, -0.15) is 0 Å². The molecule has 0 aromatic rings. The molecule has 0 bridgehead atoms. The summed E-state index contributed by atoms with van der Waals surface area (Å²) >= 11 is 0. The van der Waals surface area contributed by atoms with E-state index in [-0.39, 0.29) is 5.41 Å². The van der Waals surface area contributed by atoms with Crippen molar-refractivity contribution in [1.82, 2.24) is 0 Å². The average molecular weight is 222 g/mol. The minimum absolute atomic E-state index is 0.0120. The van der Waals surface area contributed by atoms with E-state index in [1.165, 1.54) is 0 Å². The lowest BCUT2D eigenvalue weighted by Gasteiger charge is -2.30. The van der Waals surface area contributed by atoms with Crippen LogP contribution in [0.3, 0.4) is 0 Å². The summed E-state index contributed by atoms with van der Waals surface area (Å²) in [5, 5.41) is 0. The maximum absolute atomic E-state index is 5.41. The van der Waals surface area contributed by atoms with Gasteiger partial charge in [0.05, 0.1) is 13.2 Å². The molecule has 0 aliphatic rings. The molecule has 0 fully saturated rings. The second-order valence-electron chi connectivity index (χ2n) is 4.80. The summed E-state index contributed by atoms with van der Waals surface area (Å²) in [6.07, 6.45) is 11.3. The van der Waals surface area contributed by atoms with Gasteiger partial charge in [0, 0.05) is 5.41 Å². The van der Waals surface area contributed by atoms with Crippen LogP contribution in [0.1, 0.15) is 27.2 Å². The monoisotopic (exact) mass is 222 g/mol. The third-order valence-electron chi connectivity index (χ3n) is 2.17. The molecular formula is C14H22O2. The van der Waals surface area contributed by atoms with Gasteiger partial charge in [0.15, 0.2) is 0 Å². The zero-order valence-corrected chi connectivity index (χ0v) is 10.6. The molecule has 0 amide bonds. The zero-order chi connectivity index (χ0) is 12.4. The van der Waals surface area contributed by atoms with E-state index < -0.39 is 0 Å². The smallest absolute Gasteiger partial charge is 0.107 e. The van der Waals surface area contributed by atoms with Crippen LogP contribution in [0.5, 0.6) is 0 Å². The van der Waals surface area contributed by atoms with E-state index >= 15 is 0 Å². The van der Waals surface area contributed by atoms with Crippen molar-refractivity contribution >= 4 is 0 Å². The minimum atomic E-state index is -0.0120. The Hall–Kier alpha value is -0.960. The molecule has 0 aliphatic heterocycles. The molecule has 0 atom stereocenters. The summed E-state index contributed by atoms with van der Waals surface area (Å²) in [6, 6.07) is 0. The van der Waals surface area contributed by atoms with Gasteiger partial charge in [0.1, 0.15) is 13.2 Å². The SMILES string of the molecule is C#CCOCC(C)(COCC#C)CC(C)C. The topological polar surface area (TPSA) is 18.5 Å². The van der Waals surface area contributed by atoms with Crippen molar-refractivity contribution in [3.8, 4) is 24.7 Å². The maximum atomic E-state index is 5.41. The Bertz CT molecular complexity index is 235. The van der Waals surface area contributed by atoms with E-state index in [9.17, 15) is 0 Å². The quantitative estimate of drug-likeness (QED) is 0.463. The van der Waals surface area contributed by atoms with Crippen LogP contribution in [0.4, 0.5) is 0 Å². The summed E-state index contributed by atoms with van der Waals surface area (Å²) in [5.74, 6) is 5.52. The zero-order valence-electron chi connectivity index (χ0n) is 10.6. The first-order valence-corrected chi connectivity index (χ1v) is 5.56. The fourth-order valence-corrected chi connectivity index (χ4v) is 1.86. The second kappa shape index (κ2) is 8.22. The largest absolute Gasteiger partial charge is 0.368 e. The van der Waals surface area contributed by atoms with Crippen molar-refractivity contribution in [3.63, 3.8) is 0 Å². The van der Waals surface area contributed by atoms with E-state index in [2.05, 4.69) is 32.6 Å². The van der Waals surface area contributed by atoms with E-state index in [1.54, 1.807) is 0 Å². The molecule has 90 valence electrons. The summed E-state index contributed by atoms with van der Waals surface area (Å²) in [7, 11) is 0. The lowest BCUT2D eigenvalue weighted by molar-refractivity contribution is -0.00718. The molecule has 16 heavy (non-hydrogen) atoms. The van der Waals surface area contributed by atoms with Gasteiger partial charge in [0.25, 0.3) is 0 Å². The molecule has 0 heterocycles. The fourth-order valence-electron chi connectivity index (χ4n) is 1.86. The summed E-state index contributed by atoms with van der Waals surface area (Å²) in [6.45, 7) is 8.42. The van der Waals surface area contributed by atoms with Crippen molar-refractivity contribution in [1.29, 1.82) is 0 Å². The predicted octanol–water partition coefficient (Wildman–Crippen LogP) is 2.34. The van der Waals surface area contributed by atoms with Gasteiger partial charge in [-0.15, -0.1) is 12.8 Å². The van der Waals surface area contributed by atoms with Crippen molar-refractivity contribution in [2.45, 2.75) is 27.2 Å². The van der Waals surface area contributed by atoms with Gasteiger partial charge < -0.3 is 9.47 Å². The van der Waals surface area contributed by atoms with Gasteiger partial charge in [0.2, 0.25) is 0 Å². The van der Waals surface area contributed by atoms with Gasteiger partial charge in [-0.1, -0.05) is 32.6 Å². The summed E-state index contributed by atoms with van der Waals surface area (Å²) < 4.78 is 10.8. The molecule has 2 nitrogen and oxygen atoms in total. The van der Waals surface area contributed by atoms with Crippen molar-refractivity contribution in [2.75, 3.05) is 26.4 Å². The molecule has 0 aromatic carbocycles. The lowest BCUT2D eigenvalue weighted by atomic mass is 9.83. The van der Waals surface area contributed by atoms with Crippen LogP contribution in [0.2, 0.25) is 0 Å². The van der Waals surface area contributed by atoms with Crippen LogP contribution in [0, 0.1) is 36.0 Å². The highest BCUT2D eigenvalue weighted by Crippen LogP contribution is 2.26. The first kappa shape index (κ1) is 15.0. The Kier molecular flexibility index (Phi) is 7.73. The minimum Gasteiger partial charge on any atom is -0.368 e. The molecule has 0 aromatic heterocycles. The Morgan fingerprint density at radius 3 is 1.81 bits per heavy atom. The first-order valence-electron chi connectivity index (χ1n) is 5.56. The third-order valence-corrected chi connectivity index (χ3v) is 2.17. The van der Waals surface area contributed by atoms with Crippen molar-refractivity contribution in [2.24, 2.45) is 11.3 Å². The molecule has 0 radical (unpaired) electrons. The molecule has 0 rings (SSSR count). The molecule has 0 spiro atoms. The number of terminal acetylenes is 2. The Labute approximate surface area is 99.7 Å². The van der Waals surface area contributed by atoms with Crippen LogP contribution in [-0.2, 0) is 9.47 Å². The van der Waals surface area contributed by atoms with Crippen molar-refractivity contribution in [3.05, 3.63) is 0 Å². The summed E-state index contributed by atoms with van der Waals surface area (Å²) in [4.78, 5) is 0. The highest BCUT2D eigenvalue weighted by atomic mass is 16.5. The van der Waals surface area contributed by atoms with Crippen LogP contribution >= 0.6 is 0 Å². The normalized spacial score (nSPS) is 11.1. The molecule has 0 N–H and O–H groups in total. The molecule has 0 unspecified atom stereocenters. The van der Waals surface area contributed by atoms with Crippen molar-refractivity contribution < 1.29 is 9.47 Å². The standard InChI is InChI=1S/C14H22O2/c1-6-8-15-11-14(5,10-13(3)4)12-16-9-7-2/h1-2,13H,8-12H2,3-5H3. The van der Waals surface area contributed by atoms with Crippen LogP contribution in [0.15, 0.2) is 0 Å². The van der Waals surface area contributed by atoms with Gasteiger partial charge in [-0.25, -0.2) is 0 Å². The van der Waals surface area contributed by atoms with Gasteiger partial charge in [-0.05, 0) is 12.3 Å². The Balaban J connectivity index is 4.14. The number of hydrogen-bond donors (Lipinski definition) is 0. The van der Waals surface area contributed by atoms with Crippen LogP contribution in [-0.4, -0.2) is 26.4 Å². The Morgan fingerprint density at radius 2 is 1.50 bits per heavy atom. The maximum Gasteiger partial charge on any atom is 0.107 e. The molecule has 0 saturated heterocycles. The predicted molar refractivity (Wildman–Crippen MR) is 66.9 cm³/mol.